The molecule has 3 rings (SSSR count). The predicted molar refractivity (Wildman–Crippen MR) is 107 cm³/mol. The Morgan fingerprint density at radius 1 is 1.30 bits per heavy atom. The molecule has 0 bridgehead atoms. The Kier molecular flexibility index (Phi) is 7.30. The van der Waals surface area contributed by atoms with Crippen molar-refractivity contribution in [1.82, 2.24) is 19.6 Å². The molecule has 0 N–H and O–H groups in total. The van der Waals surface area contributed by atoms with Gasteiger partial charge < -0.3 is 14.5 Å². The number of hydrogen-bond acceptors (Lipinski definition) is 4. The molecule has 2 saturated heterocycles. The van der Waals surface area contributed by atoms with E-state index < -0.39 is 0 Å². The van der Waals surface area contributed by atoms with Gasteiger partial charge in [0, 0.05) is 45.1 Å². The average molecular weight is 377 g/mol. The van der Waals surface area contributed by atoms with E-state index in [9.17, 15) is 4.79 Å². The molecule has 152 valence electrons. The first kappa shape index (κ1) is 20.3. The maximum absolute atomic E-state index is 13.2. The Balaban J connectivity index is 1.70. The number of hydrogen-bond donors (Lipinski definition) is 0. The van der Waals surface area contributed by atoms with Crippen LogP contribution in [0.3, 0.4) is 0 Å². The molecule has 0 spiro atoms. The fourth-order valence-electron chi connectivity index (χ4n) is 4.66. The third-order valence-corrected chi connectivity index (χ3v) is 6.12. The highest BCUT2D eigenvalue weighted by Crippen LogP contribution is 2.31. The van der Waals surface area contributed by atoms with Crippen LogP contribution in [0, 0.1) is 5.92 Å². The third kappa shape index (κ3) is 5.11. The van der Waals surface area contributed by atoms with E-state index in [0.717, 1.165) is 19.5 Å². The number of fused-ring (bicyclic) bond motifs is 1. The maximum atomic E-state index is 13.2. The second-order valence-corrected chi connectivity index (χ2v) is 8.40. The fraction of sp³-hybridized carbons (Fsp3) is 0.810. The summed E-state index contributed by atoms with van der Waals surface area (Å²) in [6.45, 7) is 8.93. The highest BCUT2D eigenvalue weighted by atomic mass is 16.5. The summed E-state index contributed by atoms with van der Waals surface area (Å²) in [4.78, 5) is 18.0. The molecule has 0 unspecified atom stereocenters. The smallest absolute Gasteiger partial charge is 0.257 e. The van der Waals surface area contributed by atoms with Gasteiger partial charge in [0.05, 0.1) is 11.8 Å². The number of methoxy groups -OCH3 is 1. The van der Waals surface area contributed by atoms with Crippen molar-refractivity contribution in [1.29, 1.82) is 0 Å². The van der Waals surface area contributed by atoms with Gasteiger partial charge in [-0.15, -0.1) is 0 Å². The first-order valence-corrected chi connectivity index (χ1v) is 10.7. The SMILES string of the molecule is COCCCN(C[C@@H]1CCCN2CCCC[C@H]12)C(=O)c1cnn(C(C)C)c1. The van der Waals surface area contributed by atoms with Crippen molar-refractivity contribution in [2.45, 2.75) is 64.5 Å². The molecule has 6 nitrogen and oxygen atoms in total. The van der Waals surface area contributed by atoms with E-state index in [1.54, 1.807) is 13.3 Å². The minimum absolute atomic E-state index is 0.117. The molecule has 1 amide bonds. The van der Waals surface area contributed by atoms with Crippen LogP contribution in [0.15, 0.2) is 12.4 Å². The highest BCUT2D eigenvalue weighted by Gasteiger charge is 2.34. The van der Waals surface area contributed by atoms with Gasteiger partial charge in [-0.2, -0.15) is 5.10 Å². The zero-order valence-electron chi connectivity index (χ0n) is 17.3. The fourth-order valence-corrected chi connectivity index (χ4v) is 4.66. The van der Waals surface area contributed by atoms with Crippen molar-refractivity contribution in [2.24, 2.45) is 5.92 Å². The second kappa shape index (κ2) is 9.69. The minimum Gasteiger partial charge on any atom is -0.385 e. The van der Waals surface area contributed by atoms with Gasteiger partial charge in [0.1, 0.15) is 0 Å². The van der Waals surface area contributed by atoms with Crippen LogP contribution in [0.25, 0.3) is 0 Å². The van der Waals surface area contributed by atoms with E-state index in [1.807, 2.05) is 10.9 Å². The second-order valence-electron chi connectivity index (χ2n) is 8.40. The molecule has 27 heavy (non-hydrogen) atoms. The van der Waals surface area contributed by atoms with Crippen LogP contribution in [0.4, 0.5) is 0 Å². The van der Waals surface area contributed by atoms with Crippen LogP contribution < -0.4 is 0 Å². The van der Waals surface area contributed by atoms with Gasteiger partial charge in [0.2, 0.25) is 0 Å². The Morgan fingerprint density at radius 3 is 2.85 bits per heavy atom. The van der Waals surface area contributed by atoms with Crippen molar-refractivity contribution < 1.29 is 9.53 Å². The van der Waals surface area contributed by atoms with Crippen LogP contribution in [0.1, 0.15) is 68.8 Å². The maximum Gasteiger partial charge on any atom is 0.257 e. The molecule has 0 aromatic carbocycles. The van der Waals surface area contributed by atoms with Crippen molar-refractivity contribution in [2.75, 3.05) is 39.9 Å². The standard InChI is InChI=1S/C21H36N4O2/c1-17(2)25-16-19(14-22-25)21(26)24(12-7-13-27-3)15-18-8-6-11-23-10-5-4-9-20(18)23/h14,16-18,20H,4-13,15H2,1-3H3/t18-,20+/m0/s1. The number of carbonyl (C=O) groups is 1. The number of aromatic nitrogens is 2. The number of piperidine rings is 2. The lowest BCUT2D eigenvalue weighted by atomic mass is 9.83. The molecule has 3 heterocycles. The number of ether oxygens (including phenoxy) is 1. The lowest BCUT2D eigenvalue weighted by Crippen LogP contribution is -2.51. The lowest BCUT2D eigenvalue weighted by Gasteiger charge is -2.45. The van der Waals surface area contributed by atoms with Crippen LogP contribution in [-0.4, -0.2) is 71.4 Å². The molecule has 1 aromatic rings. The van der Waals surface area contributed by atoms with E-state index in [-0.39, 0.29) is 11.9 Å². The van der Waals surface area contributed by atoms with Gasteiger partial charge in [-0.3, -0.25) is 9.48 Å². The van der Waals surface area contributed by atoms with Crippen LogP contribution in [0.2, 0.25) is 0 Å². The number of amides is 1. The Morgan fingerprint density at radius 2 is 2.11 bits per heavy atom. The van der Waals surface area contributed by atoms with Crippen molar-refractivity contribution >= 4 is 5.91 Å². The molecule has 0 radical (unpaired) electrons. The topological polar surface area (TPSA) is 50.6 Å². The minimum atomic E-state index is 0.117. The summed E-state index contributed by atoms with van der Waals surface area (Å²) in [7, 11) is 1.72. The summed E-state index contributed by atoms with van der Waals surface area (Å²) >= 11 is 0. The molecular weight excluding hydrogens is 340 g/mol. The molecule has 2 aliphatic rings. The zero-order valence-corrected chi connectivity index (χ0v) is 17.3. The van der Waals surface area contributed by atoms with Gasteiger partial charge in [-0.05, 0) is 65.0 Å². The quantitative estimate of drug-likeness (QED) is 0.654. The predicted octanol–water partition coefficient (Wildman–Crippen LogP) is 3.21. The zero-order chi connectivity index (χ0) is 19.2. The summed E-state index contributed by atoms with van der Waals surface area (Å²) in [5.74, 6) is 0.705. The van der Waals surface area contributed by atoms with Gasteiger partial charge in [0.15, 0.2) is 0 Å². The molecule has 6 heteroatoms. The lowest BCUT2D eigenvalue weighted by molar-refractivity contribution is 0.0347. The molecule has 0 aliphatic carbocycles. The largest absolute Gasteiger partial charge is 0.385 e. The number of nitrogens with zero attached hydrogens (tertiary/aromatic N) is 4. The van der Waals surface area contributed by atoms with Crippen molar-refractivity contribution in [3.63, 3.8) is 0 Å². The summed E-state index contributed by atoms with van der Waals surface area (Å²) in [6, 6.07) is 0.922. The molecule has 0 saturated carbocycles. The first-order chi connectivity index (χ1) is 13.1. The van der Waals surface area contributed by atoms with E-state index in [4.69, 9.17) is 4.74 Å². The molecule has 2 atom stereocenters. The number of carbonyl (C=O) groups excluding carboxylic acids is 1. The summed E-state index contributed by atoms with van der Waals surface area (Å²) in [5, 5.41) is 4.36. The molecule has 1 aromatic heterocycles. The Bertz CT molecular complexity index is 599. The van der Waals surface area contributed by atoms with E-state index in [0.29, 0.717) is 24.1 Å². The van der Waals surface area contributed by atoms with Gasteiger partial charge in [-0.1, -0.05) is 6.42 Å². The Labute approximate surface area is 163 Å². The van der Waals surface area contributed by atoms with E-state index in [1.165, 1.54) is 45.2 Å². The summed E-state index contributed by atoms with van der Waals surface area (Å²) in [5.41, 5.74) is 0.706. The monoisotopic (exact) mass is 376 g/mol. The van der Waals surface area contributed by atoms with Gasteiger partial charge >= 0.3 is 0 Å². The van der Waals surface area contributed by atoms with Crippen LogP contribution in [-0.2, 0) is 4.74 Å². The summed E-state index contributed by atoms with van der Waals surface area (Å²) in [6.07, 6.45) is 10.9. The third-order valence-electron chi connectivity index (χ3n) is 6.12. The normalized spacial score (nSPS) is 23.4. The number of rotatable bonds is 8. The Hall–Kier alpha value is -1.40. The molecular formula is C21H36N4O2. The van der Waals surface area contributed by atoms with Crippen molar-refractivity contribution in [3.8, 4) is 0 Å². The van der Waals surface area contributed by atoms with Crippen LogP contribution >= 0.6 is 0 Å². The van der Waals surface area contributed by atoms with Crippen LogP contribution in [0.5, 0.6) is 0 Å². The average Bonchev–Trinajstić information content (AvgIpc) is 3.17. The van der Waals surface area contributed by atoms with E-state index >= 15 is 0 Å². The molecule has 2 aliphatic heterocycles. The summed E-state index contributed by atoms with van der Waals surface area (Å²) < 4.78 is 7.09. The van der Waals surface area contributed by atoms with Gasteiger partial charge in [-0.25, -0.2) is 0 Å². The first-order valence-electron chi connectivity index (χ1n) is 10.7. The highest BCUT2D eigenvalue weighted by molar-refractivity contribution is 5.93. The molecule has 2 fully saturated rings. The van der Waals surface area contributed by atoms with Gasteiger partial charge in [0.25, 0.3) is 5.91 Å². The van der Waals surface area contributed by atoms with Crippen molar-refractivity contribution in [3.05, 3.63) is 18.0 Å². The van der Waals surface area contributed by atoms with E-state index in [2.05, 4.69) is 28.7 Å².